The van der Waals surface area contributed by atoms with Crippen molar-refractivity contribution in [1.29, 1.82) is 0 Å². The molecular weight excluding hydrogens is 436 g/mol. The lowest BCUT2D eigenvalue weighted by atomic mass is 9.97. The van der Waals surface area contributed by atoms with Crippen LogP contribution in [0.1, 0.15) is 46.1 Å². The van der Waals surface area contributed by atoms with Crippen LogP contribution in [0.2, 0.25) is 0 Å². The molecule has 35 heavy (non-hydrogen) atoms. The van der Waals surface area contributed by atoms with Gasteiger partial charge in [-0.2, -0.15) is 5.21 Å². The largest absolute Gasteiger partial charge is 0.493 e. The Morgan fingerprint density at radius 3 is 2.63 bits per heavy atom. The number of aromatic amines is 1. The molecule has 0 spiro atoms. The Kier molecular flexibility index (Phi) is 6.50. The highest BCUT2D eigenvalue weighted by Gasteiger charge is 2.24. The standard InChI is InChI=1S/C28H36N6O/c1-5-6-24-23-14-16-34(19-28(2,3)4)25(23)11-12-26(24)35-18-20-13-15-33(17-20)22-9-7-21(8-10-22)27-29-31-32-30-27/h7-12,14,16,20H,5-6,13,15,17-19H2,1-4H3,(H,29,30,31,32). The lowest BCUT2D eigenvalue weighted by Crippen LogP contribution is -2.21. The van der Waals surface area contributed by atoms with Crippen LogP contribution < -0.4 is 9.64 Å². The molecule has 7 nitrogen and oxygen atoms in total. The molecule has 1 saturated heterocycles. The molecule has 184 valence electrons. The lowest BCUT2D eigenvalue weighted by Gasteiger charge is -2.21. The molecule has 0 amide bonds. The molecule has 1 fully saturated rings. The smallest absolute Gasteiger partial charge is 0.204 e. The van der Waals surface area contributed by atoms with Crippen LogP contribution in [0.4, 0.5) is 5.69 Å². The Hall–Kier alpha value is -3.35. The molecule has 2 aromatic carbocycles. The quantitative estimate of drug-likeness (QED) is 0.355. The number of aromatic nitrogens is 5. The predicted octanol–water partition coefficient (Wildman–Crippen LogP) is 5.73. The number of aryl methyl sites for hydroxylation is 1. The summed E-state index contributed by atoms with van der Waals surface area (Å²) in [4.78, 5) is 2.44. The summed E-state index contributed by atoms with van der Waals surface area (Å²) in [6.45, 7) is 12.9. The molecule has 7 heteroatoms. The van der Waals surface area contributed by atoms with Crippen LogP contribution in [-0.4, -0.2) is 44.9 Å². The zero-order valence-corrected chi connectivity index (χ0v) is 21.3. The fourth-order valence-corrected chi connectivity index (χ4v) is 5.12. The van der Waals surface area contributed by atoms with Crippen LogP contribution in [0.15, 0.2) is 48.7 Å². The molecule has 0 bridgehead atoms. The molecule has 5 rings (SSSR count). The Labute approximate surface area is 207 Å². The molecule has 0 saturated carbocycles. The number of nitrogens with one attached hydrogen (secondary N) is 1. The highest BCUT2D eigenvalue weighted by Crippen LogP contribution is 2.33. The van der Waals surface area contributed by atoms with Gasteiger partial charge in [-0.05, 0) is 65.9 Å². The first kappa shape index (κ1) is 23.4. The van der Waals surface area contributed by atoms with Gasteiger partial charge in [0.1, 0.15) is 5.75 Å². The van der Waals surface area contributed by atoms with Crippen molar-refractivity contribution < 1.29 is 4.74 Å². The van der Waals surface area contributed by atoms with Gasteiger partial charge in [0.15, 0.2) is 0 Å². The molecule has 1 unspecified atom stereocenters. The van der Waals surface area contributed by atoms with Gasteiger partial charge in [-0.15, -0.1) is 10.2 Å². The van der Waals surface area contributed by atoms with E-state index in [1.807, 2.05) is 0 Å². The summed E-state index contributed by atoms with van der Waals surface area (Å²) < 4.78 is 8.87. The minimum absolute atomic E-state index is 0.244. The summed E-state index contributed by atoms with van der Waals surface area (Å²) in [5, 5.41) is 15.6. The summed E-state index contributed by atoms with van der Waals surface area (Å²) in [6, 6.07) is 15.1. The number of tetrazole rings is 1. The van der Waals surface area contributed by atoms with Crippen LogP contribution in [0.5, 0.6) is 5.75 Å². The molecule has 0 radical (unpaired) electrons. The van der Waals surface area contributed by atoms with Gasteiger partial charge in [0.05, 0.1) is 6.61 Å². The van der Waals surface area contributed by atoms with Crippen molar-refractivity contribution in [2.45, 2.75) is 53.5 Å². The van der Waals surface area contributed by atoms with Gasteiger partial charge in [-0.1, -0.05) is 34.1 Å². The highest BCUT2D eigenvalue weighted by atomic mass is 16.5. The van der Waals surface area contributed by atoms with Crippen LogP contribution in [0.25, 0.3) is 22.3 Å². The second-order valence-corrected chi connectivity index (χ2v) is 10.9. The number of fused-ring (bicyclic) bond motifs is 1. The number of nitrogens with zero attached hydrogens (tertiary/aromatic N) is 5. The zero-order chi connectivity index (χ0) is 24.4. The molecule has 0 aliphatic carbocycles. The van der Waals surface area contributed by atoms with Gasteiger partial charge < -0.3 is 14.2 Å². The molecule has 1 aliphatic rings. The zero-order valence-electron chi connectivity index (χ0n) is 21.3. The number of hydrogen-bond acceptors (Lipinski definition) is 5. The lowest BCUT2D eigenvalue weighted by molar-refractivity contribution is 0.259. The second kappa shape index (κ2) is 9.72. The van der Waals surface area contributed by atoms with Gasteiger partial charge in [0, 0.05) is 59.5 Å². The number of rotatable bonds is 8. The number of hydrogen-bond donors (Lipinski definition) is 1. The van der Waals surface area contributed by atoms with E-state index in [2.05, 4.69) is 106 Å². The molecule has 4 aromatic rings. The van der Waals surface area contributed by atoms with Crippen LogP contribution in [0, 0.1) is 11.3 Å². The van der Waals surface area contributed by atoms with E-state index >= 15 is 0 Å². The molecular formula is C28H36N6O. The molecule has 1 atom stereocenters. The predicted molar refractivity (Wildman–Crippen MR) is 141 cm³/mol. The monoisotopic (exact) mass is 472 g/mol. The topological polar surface area (TPSA) is 71.9 Å². The minimum Gasteiger partial charge on any atom is -0.493 e. The van der Waals surface area contributed by atoms with Gasteiger partial charge in [-0.25, -0.2) is 0 Å². The van der Waals surface area contributed by atoms with E-state index in [-0.39, 0.29) is 5.41 Å². The summed E-state index contributed by atoms with van der Waals surface area (Å²) in [5.41, 5.74) is 5.11. The number of benzene rings is 2. The fourth-order valence-electron chi connectivity index (χ4n) is 5.12. The van der Waals surface area contributed by atoms with E-state index in [4.69, 9.17) is 4.74 Å². The first-order chi connectivity index (χ1) is 16.9. The van der Waals surface area contributed by atoms with Crippen molar-refractivity contribution in [3.63, 3.8) is 0 Å². The van der Waals surface area contributed by atoms with Gasteiger partial charge in [-0.3, -0.25) is 0 Å². The Morgan fingerprint density at radius 1 is 1.09 bits per heavy atom. The maximum Gasteiger partial charge on any atom is 0.204 e. The van der Waals surface area contributed by atoms with Crippen molar-refractivity contribution in [3.05, 3.63) is 54.2 Å². The highest BCUT2D eigenvalue weighted by molar-refractivity contribution is 5.86. The number of H-pyrrole nitrogens is 1. The third kappa shape index (κ3) is 5.19. The van der Waals surface area contributed by atoms with E-state index in [9.17, 15) is 0 Å². The van der Waals surface area contributed by atoms with Crippen LogP contribution in [0.3, 0.4) is 0 Å². The average Bonchev–Trinajstić information content (AvgIpc) is 3.60. The summed E-state index contributed by atoms with van der Waals surface area (Å²) in [6.07, 6.45) is 5.52. The second-order valence-electron chi connectivity index (χ2n) is 10.9. The first-order valence-corrected chi connectivity index (χ1v) is 12.7. The van der Waals surface area contributed by atoms with E-state index < -0.39 is 0 Å². The van der Waals surface area contributed by atoms with Crippen molar-refractivity contribution in [2.75, 3.05) is 24.6 Å². The third-order valence-corrected chi connectivity index (χ3v) is 6.76. The molecule has 1 N–H and O–H groups in total. The van der Waals surface area contributed by atoms with Crippen molar-refractivity contribution in [1.82, 2.24) is 25.2 Å². The van der Waals surface area contributed by atoms with E-state index in [1.54, 1.807) is 0 Å². The molecule has 1 aliphatic heterocycles. The van der Waals surface area contributed by atoms with Crippen molar-refractivity contribution in [3.8, 4) is 17.1 Å². The third-order valence-electron chi connectivity index (χ3n) is 6.76. The van der Waals surface area contributed by atoms with Crippen LogP contribution in [-0.2, 0) is 13.0 Å². The van der Waals surface area contributed by atoms with Gasteiger partial charge in [0.2, 0.25) is 5.82 Å². The Bertz CT molecular complexity index is 1250. The number of ether oxygens (including phenoxy) is 1. The summed E-state index contributed by atoms with van der Waals surface area (Å²) >= 11 is 0. The van der Waals surface area contributed by atoms with E-state index in [1.165, 1.54) is 22.2 Å². The van der Waals surface area contributed by atoms with Gasteiger partial charge in [0.25, 0.3) is 0 Å². The Balaban J connectivity index is 1.25. The van der Waals surface area contributed by atoms with Crippen molar-refractivity contribution in [2.24, 2.45) is 11.3 Å². The SMILES string of the molecule is CCCc1c(OCC2CCN(c3ccc(-c4nn[nH]n4)cc3)C2)ccc2c1ccn2CC(C)(C)C. The maximum absolute atomic E-state index is 6.48. The van der Waals surface area contributed by atoms with E-state index in [0.29, 0.717) is 11.7 Å². The minimum atomic E-state index is 0.244. The number of anilines is 1. The van der Waals surface area contributed by atoms with E-state index in [0.717, 1.165) is 56.8 Å². The van der Waals surface area contributed by atoms with Gasteiger partial charge >= 0.3 is 0 Å². The maximum atomic E-state index is 6.48. The fraction of sp³-hybridized carbons (Fsp3) is 0.464. The van der Waals surface area contributed by atoms with Crippen molar-refractivity contribution >= 4 is 16.6 Å². The van der Waals surface area contributed by atoms with Crippen LogP contribution >= 0.6 is 0 Å². The first-order valence-electron chi connectivity index (χ1n) is 12.7. The molecule has 3 heterocycles. The summed E-state index contributed by atoms with van der Waals surface area (Å²) in [5.74, 6) is 2.19. The Morgan fingerprint density at radius 2 is 1.91 bits per heavy atom. The molecule has 2 aromatic heterocycles. The summed E-state index contributed by atoms with van der Waals surface area (Å²) in [7, 11) is 0. The normalized spacial score (nSPS) is 16.3. The average molecular weight is 473 g/mol.